The quantitative estimate of drug-likeness (QED) is 0.672. The van der Waals surface area contributed by atoms with Gasteiger partial charge in [-0.1, -0.05) is 12.1 Å². The Bertz CT molecular complexity index is 936. The summed E-state index contributed by atoms with van der Waals surface area (Å²) in [6.45, 7) is 4.06. The van der Waals surface area contributed by atoms with Crippen molar-refractivity contribution in [3.8, 4) is 5.69 Å². The summed E-state index contributed by atoms with van der Waals surface area (Å²) in [5, 5.41) is 6.88. The average Bonchev–Trinajstić information content (AvgIpc) is 3.21. The molecule has 3 aromatic rings. The summed E-state index contributed by atoms with van der Waals surface area (Å²) < 4.78 is 6.61. The number of rotatable bonds is 6. The molecule has 2 heterocycles. The molecule has 0 spiro atoms. The standard InChI is InChI=1S/C19H19N5O3/c1-3-27-19(26)16-8-9-17(23-13(16)2)18(25)21-10-14-4-6-15(7-5-14)24-12-20-11-22-24/h4-9,11-12H,3,10H2,1-2H3,(H,21,25). The predicted molar refractivity (Wildman–Crippen MR) is 97.5 cm³/mol. The van der Waals surface area contributed by atoms with E-state index in [-0.39, 0.29) is 18.2 Å². The minimum absolute atomic E-state index is 0.250. The van der Waals surface area contributed by atoms with Crippen LogP contribution in [-0.4, -0.2) is 38.2 Å². The number of esters is 1. The van der Waals surface area contributed by atoms with Gasteiger partial charge in [0.2, 0.25) is 0 Å². The Morgan fingerprint density at radius 1 is 1.15 bits per heavy atom. The van der Waals surface area contributed by atoms with E-state index in [2.05, 4.69) is 20.4 Å². The van der Waals surface area contributed by atoms with Gasteiger partial charge in [-0.25, -0.2) is 19.4 Å². The first-order valence-electron chi connectivity index (χ1n) is 8.45. The van der Waals surface area contributed by atoms with Crippen LogP contribution in [0.2, 0.25) is 0 Å². The lowest BCUT2D eigenvalue weighted by Gasteiger charge is -2.09. The van der Waals surface area contributed by atoms with E-state index < -0.39 is 5.97 Å². The van der Waals surface area contributed by atoms with Crippen molar-refractivity contribution in [3.63, 3.8) is 0 Å². The zero-order valence-electron chi connectivity index (χ0n) is 15.0. The number of pyridine rings is 1. The van der Waals surface area contributed by atoms with Gasteiger partial charge in [0.05, 0.1) is 23.6 Å². The highest BCUT2D eigenvalue weighted by molar-refractivity contribution is 5.95. The number of carbonyl (C=O) groups is 2. The summed E-state index contributed by atoms with van der Waals surface area (Å²) in [4.78, 5) is 32.2. The fraction of sp³-hybridized carbons (Fsp3) is 0.211. The molecule has 0 saturated carbocycles. The van der Waals surface area contributed by atoms with Crippen molar-refractivity contribution in [2.24, 2.45) is 0 Å². The van der Waals surface area contributed by atoms with Crippen molar-refractivity contribution in [3.05, 3.63) is 71.6 Å². The molecule has 1 amide bonds. The molecule has 8 nitrogen and oxygen atoms in total. The topological polar surface area (TPSA) is 99.0 Å². The lowest BCUT2D eigenvalue weighted by molar-refractivity contribution is 0.0524. The highest BCUT2D eigenvalue weighted by Crippen LogP contribution is 2.10. The first-order valence-corrected chi connectivity index (χ1v) is 8.45. The Hall–Kier alpha value is -3.55. The lowest BCUT2D eigenvalue weighted by atomic mass is 10.1. The first kappa shape index (κ1) is 18.2. The van der Waals surface area contributed by atoms with E-state index in [9.17, 15) is 9.59 Å². The molecular weight excluding hydrogens is 346 g/mol. The second-order valence-electron chi connectivity index (χ2n) is 5.74. The van der Waals surface area contributed by atoms with E-state index in [1.807, 2.05) is 24.3 Å². The number of hydrogen-bond acceptors (Lipinski definition) is 6. The number of ether oxygens (including phenoxy) is 1. The van der Waals surface area contributed by atoms with Crippen molar-refractivity contribution >= 4 is 11.9 Å². The van der Waals surface area contributed by atoms with Crippen molar-refractivity contribution in [1.82, 2.24) is 25.1 Å². The molecule has 0 radical (unpaired) electrons. The zero-order chi connectivity index (χ0) is 19.2. The third-order valence-electron chi connectivity index (χ3n) is 3.89. The molecular formula is C19H19N5O3. The minimum atomic E-state index is -0.443. The van der Waals surface area contributed by atoms with Crippen LogP contribution in [-0.2, 0) is 11.3 Å². The van der Waals surface area contributed by atoms with Crippen LogP contribution < -0.4 is 5.32 Å². The summed E-state index contributed by atoms with van der Waals surface area (Å²) in [5.74, 6) is -0.754. The second kappa shape index (κ2) is 8.22. The van der Waals surface area contributed by atoms with Crippen LogP contribution in [0.5, 0.6) is 0 Å². The highest BCUT2D eigenvalue weighted by Gasteiger charge is 2.14. The number of hydrogen-bond donors (Lipinski definition) is 1. The summed E-state index contributed by atoms with van der Waals surface area (Å²) in [5.41, 5.74) is 2.89. The molecule has 0 aliphatic heterocycles. The van der Waals surface area contributed by atoms with E-state index in [0.29, 0.717) is 17.8 Å². The number of aryl methyl sites for hydroxylation is 1. The highest BCUT2D eigenvalue weighted by atomic mass is 16.5. The van der Waals surface area contributed by atoms with Crippen molar-refractivity contribution in [2.75, 3.05) is 6.61 Å². The molecule has 8 heteroatoms. The molecule has 138 valence electrons. The maximum atomic E-state index is 12.3. The maximum absolute atomic E-state index is 12.3. The summed E-state index contributed by atoms with van der Waals surface area (Å²) >= 11 is 0. The van der Waals surface area contributed by atoms with Crippen LogP contribution >= 0.6 is 0 Å². The average molecular weight is 365 g/mol. The number of amides is 1. The Balaban J connectivity index is 1.62. The van der Waals surface area contributed by atoms with Gasteiger partial charge in [-0.3, -0.25) is 4.79 Å². The van der Waals surface area contributed by atoms with Crippen molar-refractivity contribution < 1.29 is 14.3 Å². The minimum Gasteiger partial charge on any atom is -0.462 e. The van der Waals surface area contributed by atoms with Crippen molar-refractivity contribution in [2.45, 2.75) is 20.4 Å². The van der Waals surface area contributed by atoms with Gasteiger partial charge in [0.15, 0.2) is 0 Å². The van der Waals surface area contributed by atoms with Crippen LogP contribution in [0.4, 0.5) is 0 Å². The number of aromatic nitrogens is 4. The summed E-state index contributed by atoms with van der Waals surface area (Å²) in [6, 6.07) is 10.7. The van der Waals surface area contributed by atoms with Gasteiger partial charge < -0.3 is 10.1 Å². The van der Waals surface area contributed by atoms with Crippen LogP contribution in [0, 0.1) is 6.92 Å². The van der Waals surface area contributed by atoms with E-state index in [4.69, 9.17) is 4.74 Å². The Morgan fingerprint density at radius 3 is 2.56 bits per heavy atom. The van der Waals surface area contributed by atoms with Crippen LogP contribution in [0.3, 0.4) is 0 Å². The van der Waals surface area contributed by atoms with E-state index in [0.717, 1.165) is 11.3 Å². The van der Waals surface area contributed by atoms with Gasteiger partial charge in [-0.05, 0) is 43.7 Å². The molecule has 3 rings (SSSR count). The summed E-state index contributed by atoms with van der Waals surface area (Å²) in [6.07, 6.45) is 3.08. The molecule has 0 bridgehead atoms. The van der Waals surface area contributed by atoms with E-state index in [1.165, 1.54) is 12.4 Å². The third kappa shape index (κ3) is 4.35. The van der Waals surface area contributed by atoms with Crippen LogP contribution in [0.1, 0.15) is 39.0 Å². The molecule has 1 aromatic carbocycles. The third-order valence-corrected chi connectivity index (χ3v) is 3.89. The molecule has 0 aliphatic rings. The maximum Gasteiger partial charge on any atom is 0.339 e. The first-order chi connectivity index (χ1) is 13.1. The Kier molecular flexibility index (Phi) is 5.55. The largest absolute Gasteiger partial charge is 0.462 e. The molecule has 0 unspecified atom stereocenters. The number of benzene rings is 1. The molecule has 0 atom stereocenters. The lowest BCUT2D eigenvalue weighted by Crippen LogP contribution is -2.24. The SMILES string of the molecule is CCOC(=O)c1ccc(C(=O)NCc2ccc(-n3cncn3)cc2)nc1C. The molecule has 0 aliphatic carbocycles. The van der Waals surface area contributed by atoms with Gasteiger partial charge in [-0.15, -0.1) is 0 Å². The smallest absolute Gasteiger partial charge is 0.339 e. The molecule has 0 saturated heterocycles. The molecule has 2 aromatic heterocycles. The van der Waals surface area contributed by atoms with Gasteiger partial charge in [-0.2, -0.15) is 5.10 Å². The van der Waals surface area contributed by atoms with Gasteiger partial charge in [0, 0.05) is 6.54 Å². The fourth-order valence-electron chi connectivity index (χ4n) is 2.49. The fourth-order valence-corrected chi connectivity index (χ4v) is 2.49. The van der Waals surface area contributed by atoms with Crippen molar-refractivity contribution in [1.29, 1.82) is 0 Å². The van der Waals surface area contributed by atoms with Crippen LogP contribution in [0.25, 0.3) is 5.69 Å². The number of nitrogens with one attached hydrogen (secondary N) is 1. The number of nitrogens with zero attached hydrogens (tertiary/aromatic N) is 4. The van der Waals surface area contributed by atoms with E-state index >= 15 is 0 Å². The monoisotopic (exact) mass is 365 g/mol. The van der Waals surface area contributed by atoms with Crippen LogP contribution in [0.15, 0.2) is 49.1 Å². The van der Waals surface area contributed by atoms with E-state index in [1.54, 1.807) is 30.9 Å². The Morgan fingerprint density at radius 2 is 1.93 bits per heavy atom. The molecule has 0 fully saturated rings. The zero-order valence-corrected chi connectivity index (χ0v) is 15.0. The van der Waals surface area contributed by atoms with Gasteiger partial charge in [0.1, 0.15) is 18.3 Å². The molecule has 1 N–H and O–H groups in total. The van der Waals surface area contributed by atoms with Gasteiger partial charge >= 0.3 is 5.97 Å². The molecule has 27 heavy (non-hydrogen) atoms. The number of carbonyl (C=O) groups excluding carboxylic acids is 2. The summed E-state index contributed by atoms with van der Waals surface area (Å²) in [7, 11) is 0. The Labute approximate surface area is 156 Å². The second-order valence-corrected chi connectivity index (χ2v) is 5.74. The van der Waals surface area contributed by atoms with Gasteiger partial charge in [0.25, 0.3) is 5.91 Å². The normalized spacial score (nSPS) is 10.4. The predicted octanol–water partition coefficient (Wildman–Crippen LogP) is 2.08.